The highest BCUT2D eigenvalue weighted by atomic mass is 32.2. The number of hydrogen-bond acceptors (Lipinski definition) is 3. The summed E-state index contributed by atoms with van der Waals surface area (Å²) in [5.74, 6) is 0.964. The SMILES string of the molecule is CSc1cccc(NC(=O)N2Cc3c(C)nn(-c4ccccc4)c3-n3cccc3C2c2cccc(C)c2)c1. The molecule has 0 fully saturated rings. The molecule has 6 rings (SSSR count). The number of aryl methyl sites for hydroxylation is 2. The fourth-order valence-corrected chi connectivity index (χ4v) is 5.70. The molecule has 3 heterocycles. The zero-order valence-electron chi connectivity index (χ0n) is 21.6. The lowest BCUT2D eigenvalue weighted by Crippen LogP contribution is -2.38. The minimum absolute atomic E-state index is 0.151. The van der Waals surface area contributed by atoms with Crippen molar-refractivity contribution in [3.05, 3.63) is 125 Å². The number of hydrogen-bond donors (Lipinski definition) is 1. The maximum Gasteiger partial charge on any atom is 0.322 e. The number of fused-ring (bicyclic) bond motifs is 3. The number of carbonyl (C=O) groups excluding carboxylic acids is 1. The highest BCUT2D eigenvalue weighted by molar-refractivity contribution is 7.98. The van der Waals surface area contributed by atoms with Gasteiger partial charge in [-0.15, -0.1) is 11.8 Å². The Morgan fingerprint density at radius 1 is 0.947 bits per heavy atom. The molecular formula is C31H29N5OS. The van der Waals surface area contributed by atoms with Gasteiger partial charge in [-0.25, -0.2) is 9.48 Å². The summed E-state index contributed by atoms with van der Waals surface area (Å²) >= 11 is 1.65. The third kappa shape index (κ3) is 4.29. The summed E-state index contributed by atoms with van der Waals surface area (Å²) in [4.78, 5) is 17.1. The lowest BCUT2D eigenvalue weighted by Gasteiger charge is -2.31. The van der Waals surface area contributed by atoms with E-state index in [9.17, 15) is 4.79 Å². The second-order valence-electron chi connectivity index (χ2n) is 9.54. The molecule has 1 unspecified atom stereocenters. The van der Waals surface area contributed by atoms with Crippen molar-refractivity contribution in [2.45, 2.75) is 31.3 Å². The van der Waals surface area contributed by atoms with Crippen molar-refractivity contribution in [2.24, 2.45) is 0 Å². The predicted molar refractivity (Wildman–Crippen MR) is 153 cm³/mol. The van der Waals surface area contributed by atoms with Crippen molar-refractivity contribution in [3.8, 4) is 11.5 Å². The number of amides is 2. The molecule has 6 nitrogen and oxygen atoms in total. The van der Waals surface area contributed by atoms with Crippen molar-refractivity contribution in [1.82, 2.24) is 19.2 Å². The number of anilines is 1. The maximum absolute atomic E-state index is 14.1. The van der Waals surface area contributed by atoms with Gasteiger partial charge in [-0.05, 0) is 68.1 Å². The number of rotatable bonds is 4. The maximum atomic E-state index is 14.1. The van der Waals surface area contributed by atoms with Crippen molar-refractivity contribution < 1.29 is 4.79 Å². The van der Waals surface area contributed by atoms with Crippen LogP contribution in [0.2, 0.25) is 0 Å². The van der Waals surface area contributed by atoms with Gasteiger partial charge in [0, 0.05) is 22.3 Å². The fraction of sp³-hybridized carbons (Fsp3) is 0.161. The summed E-state index contributed by atoms with van der Waals surface area (Å²) in [5.41, 5.74) is 6.92. The monoisotopic (exact) mass is 519 g/mol. The largest absolute Gasteiger partial charge is 0.322 e. The van der Waals surface area contributed by atoms with E-state index >= 15 is 0 Å². The van der Waals surface area contributed by atoms with E-state index in [1.54, 1.807) is 11.8 Å². The average Bonchev–Trinajstić information content (AvgIpc) is 3.49. The van der Waals surface area contributed by atoms with Crippen molar-refractivity contribution >= 4 is 23.5 Å². The molecule has 0 spiro atoms. The van der Waals surface area contributed by atoms with E-state index in [2.05, 4.69) is 65.5 Å². The van der Waals surface area contributed by atoms with Crippen LogP contribution in [0.4, 0.5) is 10.5 Å². The first-order valence-corrected chi connectivity index (χ1v) is 13.9. The zero-order valence-corrected chi connectivity index (χ0v) is 22.4. The Bertz CT molecular complexity index is 1620. The van der Waals surface area contributed by atoms with Gasteiger partial charge in [-0.1, -0.05) is 54.1 Å². The van der Waals surface area contributed by atoms with Crippen molar-refractivity contribution in [1.29, 1.82) is 0 Å². The molecule has 0 aliphatic carbocycles. The summed E-state index contributed by atoms with van der Waals surface area (Å²) in [6.45, 7) is 4.53. The molecule has 38 heavy (non-hydrogen) atoms. The molecule has 0 saturated carbocycles. The number of urea groups is 1. The number of nitrogens with zero attached hydrogens (tertiary/aromatic N) is 4. The molecule has 1 aliphatic rings. The van der Waals surface area contributed by atoms with E-state index in [0.717, 1.165) is 50.2 Å². The van der Waals surface area contributed by atoms with E-state index in [1.807, 2.05) is 71.3 Å². The predicted octanol–water partition coefficient (Wildman–Crippen LogP) is 7.14. The molecule has 190 valence electrons. The van der Waals surface area contributed by atoms with E-state index in [4.69, 9.17) is 5.10 Å². The third-order valence-corrected chi connectivity index (χ3v) is 7.75. The number of thioether (sulfide) groups is 1. The van der Waals surface area contributed by atoms with Crippen LogP contribution >= 0.6 is 11.8 Å². The average molecular weight is 520 g/mol. The van der Waals surface area contributed by atoms with Gasteiger partial charge in [0.15, 0.2) is 0 Å². The minimum Gasteiger partial charge on any atom is -0.308 e. The highest BCUT2D eigenvalue weighted by Crippen LogP contribution is 2.39. The van der Waals surface area contributed by atoms with Crippen molar-refractivity contribution in [2.75, 3.05) is 11.6 Å². The molecule has 7 heteroatoms. The van der Waals surface area contributed by atoms with Gasteiger partial charge in [0.05, 0.1) is 29.7 Å². The number of nitrogens with one attached hydrogen (secondary N) is 1. The van der Waals surface area contributed by atoms with Gasteiger partial charge in [-0.3, -0.25) is 0 Å². The molecule has 1 atom stereocenters. The van der Waals surface area contributed by atoms with Crippen LogP contribution in [0, 0.1) is 13.8 Å². The van der Waals surface area contributed by atoms with Gasteiger partial charge < -0.3 is 14.8 Å². The van der Waals surface area contributed by atoms with E-state index < -0.39 is 0 Å². The smallest absolute Gasteiger partial charge is 0.308 e. The summed E-state index contributed by atoms with van der Waals surface area (Å²) in [5, 5.41) is 8.11. The Morgan fingerprint density at radius 2 is 1.76 bits per heavy atom. The molecular weight excluding hydrogens is 490 g/mol. The molecule has 1 N–H and O–H groups in total. The van der Waals surface area contributed by atoms with E-state index in [-0.39, 0.29) is 12.1 Å². The van der Waals surface area contributed by atoms with Gasteiger partial charge in [0.25, 0.3) is 0 Å². The molecule has 1 aliphatic heterocycles. The second kappa shape index (κ2) is 9.91. The van der Waals surface area contributed by atoms with Crippen molar-refractivity contribution in [3.63, 3.8) is 0 Å². The zero-order chi connectivity index (χ0) is 26.2. The Balaban J connectivity index is 1.52. The van der Waals surface area contributed by atoms with Gasteiger partial charge in [-0.2, -0.15) is 5.10 Å². The topological polar surface area (TPSA) is 55.1 Å². The Labute approximate surface area is 226 Å². The fourth-order valence-electron chi connectivity index (χ4n) is 5.24. The van der Waals surface area contributed by atoms with Crippen LogP contribution in [-0.2, 0) is 6.54 Å². The van der Waals surface area contributed by atoms with Gasteiger partial charge in [0.2, 0.25) is 0 Å². The molecule has 5 aromatic rings. The molecule has 0 saturated heterocycles. The van der Waals surface area contributed by atoms with Crippen LogP contribution in [0.15, 0.2) is 102 Å². The number of aromatic nitrogens is 3. The minimum atomic E-state index is -0.287. The van der Waals surface area contributed by atoms with Gasteiger partial charge >= 0.3 is 6.03 Å². The van der Waals surface area contributed by atoms with Crippen LogP contribution < -0.4 is 5.32 Å². The van der Waals surface area contributed by atoms with E-state index in [1.165, 1.54) is 0 Å². The van der Waals surface area contributed by atoms with Crippen LogP contribution in [0.3, 0.4) is 0 Å². The van der Waals surface area contributed by atoms with Crippen LogP contribution in [0.25, 0.3) is 11.5 Å². The van der Waals surface area contributed by atoms with Gasteiger partial charge in [0.1, 0.15) is 5.82 Å². The van der Waals surface area contributed by atoms with E-state index in [0.29, 0.717) is 6.54 Å². The summed E-state index contributed by atoms with van der Waals surface area (Å²) in [6.07, 6.45) is 4.10. The first-order chi connectivity index (χ1) is 18.5. The van der Waals surface area contributed by atoms with Crippen LogP contribution in [0.1, 0.15) is 34.1 Å². The molecule has 0 radical (unpaired) electrons. The molecule has 0 bridgehead atoms. The number of para-hydroxylation sites is 1. The first kappa shape index (κ1) is 24.1. The quantitative estimate of drug-likeness (QED) is 0.257. The normalized spacial score (nSPS) is 14.5. The second-order valence-corrected chi connectivity index (χ2v) is 10.4. The first-order valence-electron chi connectivity index (χ1n) is 12.6. The summed E-state index contributed by atoms with van der Waals surface area (Å²) in [6, 6.07) is 30.3. The summed E-state index contributed by atoms with van der Waals surface area (Å²) in [7, 11) is 0. The Morgan fingerprint density at radius 3 is 2.55 bits per heavy atom. The molecule has 2 aromatic heterocycles. The standard InChI is InChI=1S/C31H29N5OS/c1-21-10-7-11-23(18-21)29-28-16-9-17-34(28)30-27(22(2)33-36(30)25-13-5-4-6-14-25)20-35(29)31(37)32-24-12-8-15-26(19-24)38-3/h4-19,29H,20H2,1-3H3,(H,32,37). The molecule has 2 amide bonds. The lowest BCUT2D eigenvalue weighted by molar-refractivity contribution is 0.194. The van der Waals surface area contributed by atoms with Crippen LogP contribution in [0.5, 0.6) is 0 Å². The number of benzene rings is 3. The third-order valence-electron chi connectivity index (χ3n) is 7.03. The van der Waals surface area contributed by atoms with Crippen LogP contribution in [-0.4, -0.2) is 31.5 Å². The lowest BCUT2D eigenvalue weighted by atomic mass is 10.00. The Hall–Kier alpha value is -4.23. The Kier molecular flexibility index (Phi) is 6.29. The molecule has 3 aromatic carbocycles. The summed E-state index contributed by atoms with van der Waals surface area (Å²) < 4.78 is 4.18. The number of carbonyl (C=O) groups is 1. The highest BCUT2D eigenvalue weighted by Gasteiger charge is 2.36.